The van der Waals surface area contributed by atoms with Crippen LogP contribution in [0.4, 0.5) is 5.69 Å². The molecule has 0 aliphatic carbocycles. The highest BCUT2D eigenvalue weighted by atomic mass is 16.5. The summed E-state index contributed by atoms with van der Waals surface area (Å²) in [7, 11) is 1.74. The van der Waals surface area contributed by atoms with Crippen molar-refractivity contribution in [2.75, 3.05) is 31.6 Å². The molecule has 2 N–H and O–H groups in total. The highest BCUT2D eigenvalue weighted by Gasteiger charge is 2.24. The van der Waals surface area contributed by atoms with E-state index in [1.54, 1.807) is 7.11 Å². The van der Waals surface area contributed by atoms with Crippen molar-refractivity contribution in [1.29, 1.82) is 0 Å². The number of carbonyl (C=O) groups is 1. The molecule has 1 atom stereocenters. The molecule has 2 rings (SSSR count). The van der Waals surface area contributed by atoms with Crippen molar-refractivity contribution < 1.29 is 9.53 Å². The SMILES string of the molecule is CCNC(=NCc1ccc(N2CCCC2=O)cc1)NCC(OC)C(C)(C)C. The first kappa shape index (κ1) is 21.2. The van der Waals surface area contributed by atoms with Crippen LogP contribution in [0, 0.1) is 5.41 Å². The maximum absolute atomic E-state index is 11.8. The number of hydrogen-bond acceptors (Lipinski definition) is 3. The quantitative estimate of drug-likeness (QED) is 0.569. The third-order valence-electron chi connectivity index (χ3n) is 4.79. The minimum absolute atomic E-state index is 0.0575. The minimum Gasteiger partial charge on any atom is -0.379 e. The largest absolute Gasteiger partial charge is 0.379 e. The van der Waals surface area contributed by atoms with Crippen molar-refractivity contribution >= 4 is 17.6 Å². The molecule has 0 spiro atoms. The number of nitrogens with one attached hydrogen (secondary N) is 2. The van der Waals surface area contributed by atoms with E-state index in [4.69, 9.17) is 4.74 Å². The second kappa shape index (κ2) is 9.74. The van der Waals surface area contributed by atoms with Crippen molar-refractivity contribution in [2.45, 2.75) is 53.2 Å². The number of benzene rings is 1. The zero-order valence-corrected chi connectivity index (χ0v) is 17.3. The Morgan fingerprint density at radius 2 is 1.96 bits per heavy atom. The second-order valence-corrected chi connectivity index (χ2v) is 7.98. The Hall–Kier alpha value is -2.08. The van der Waals surface area contributed by atoms with Gasteiger partial charge < -0.3 is 20.3 Å². The molecule has 6 nitrogen and oxygen atoms in total. The van der Waals surface area contributed by atoms with Gasteiger partial charge in [-0.05, 0) is 36.5 Å². The highest BCUT2D eigenvalue weighted by Crippen LogP contribution is 2.22. The Morgan fingerprint density at radius 3 is 2.48 bits per heavy atom. The molecule has 1 unspecified atom stereocenters. The van der Waals surface area contributed by atoms with Gasteiger partial charge in [0.05, 0.1) is 12.6 Å². The topological polar surface area (TPSA) is 66.0 Å². The zero-order valence-electron chi connectivity index (χ0n) is 17.3. The first-order chi connectivity index (χ1) is 12.8. The van der Waals surface area contributed by atoms with Crippen LogP contribution in [-0.2, 0) is 16.1 Å². The summed E-state index contributed by atoms with van der Waals surface area (Å²) < 4.78 is 5.60. The summed E-state index contributed by atoms with van der Waals surface area (Å²) in [5.74, 6) is 0.994. The fraction of sp³-hybridized carbons (Fsp3) is 0.619. The lowest BCUT2D eigenvalue weighted by molar-refractivity contribution is -0.117. The number of carbonyl (C=O) groups excluding carboxylic acids is 1. The molecule has 1 fully saturated rings. The third-order valence-corrected chi connectivity index (χ3v) is 4.79. The second-order valence-electron chi connectivity index (χ2n) is 7.98. The van der Waals surface area contributed by atoms with Crippen LogP contribution >= 0.6 is 0 Å². The van der Waals surface area contributed by atoms with Crippen LogP contribution in [0.1, 0.15) is 46.1 Å². The van der Waals surface area contributed by atoms with Crippen LogP contribution < -0.4 is 15.5 Å². The van der Waals surface area contributed by atoms with Crippen LogP contribution in [0.25, 0.3) is 0 Å². The van der Waals surface area contributed by atoms with Gasteiger partial charge in [-0.15, -0.1) is 0 Å². The maximum atomic E-state index is 11.8. The van der Waals surface area contributed by atoms with Crippen LogP contribution in [0.5, 0.6) is 0 Å². The smallest absolute Gasteiger partial charge is 0.227 e. The van der Waals surface area contributed by atoms with E-state index < -0.39 is 0 Å². The number of rotatable bonds is 7. The van der Waals surface area contributed by atoms with E-state index in [0.29, 0.717) is 19.5 Å². The number of amides is 1. The van der Waals surface area contributed by atoms with E-state index in [2.05, 4.69) is 43.3 Å². The number of anilines is 1. The molecule has 150 valence electrons. The van der Waals surface area contributed by atoms with Gasteiger partial charge in [0.2, 0.25) is 5.91 Å². The van der Waals surface area contributed by atoms with Gasteiger partial charge >= 0.3 is 0 Å². The van der Waals surface area contributed by atoms with Crippen LogP contribution in [0.15, 0.2) is 29.3 Å². The molecule has 1 heterocycles. The molecule has 1 saturated heterocycles. The van der Waals surface area contributed by atoms with Crippen molar-refractivity contribution in [2.24, 2.45) is 10.4 Å². The van der Waals surface area contributed by atoms with Gasteiger partial charge in [0, 0.05) is 38.9 Å². The molecule has 6 heteroatoms. The van der Waals surface area contributed by atoms with E-state index in [1.165, 1.54) is 0 Å². The standard InChI is InChI=1S/C21H34N4O2/c1-6-22-20(24-15-18(27-5)21(2,3)4)23-14-16-9-11-17(12-10-16)25-13-7-8-19(25)26/h9-12,18H,6-8,13-15H2,1-5H3,(H2,22,23,24). The molecule has 1 aromatic rings. The summed E-state index contributed by atoms with van der Waals surface area (Å²) in [6.07, 6.45) is 1.69. The van der Waals surface area contributed by atoms with Gasteiger partial charge in [-0.25, -0.2) is 4.99 Å². The lowest BCUT2D eigenvalue weighted by atomic mass is 9.89. The molecular formula is C21H34N4O2. The van der Waals surface area contributed by atoms with E-state index >= 15 is 0 Å². The Labute approximate surface area is 163 Å². The van der Waals surface area contributed by atoms with Crippen molar-refractivity contribution in [3.05, 3.63) is 29.8 Å². The summed E-state index contributed by atoms with van der Waals surface area (Å²) in [5.41, 5.74) is 2.15. The molecule has 1 aliphatic rings. The van der Waals surface area contributed by atoms with Gasteiger partial charge in [-0.2, -0.15) is 0 Å². The number of aliphatic imine (C=N–C) groups is 1. The Morgan fingerprint density at radius 1 is 1.26 bits per heavy atom. The fourth-order valence-corrected chi connectivity index (χ4v) is 3.15. The van der Waals surface area contributed by atoms with E-state index in [0.717, 1.165) is 36.7 Å². The fourth-order valence-electron chi connectivity index (χ4n) is 3.15. The van der Waals surface area contributed by atoms with Gasteiger partial charge in [0.1, 0.15) is 0 Å². The average Bonchev–Trinajstić information content (AvgIpc) is 3.05. The molecule has 1 amide bonds. The molecule has 0 aromatic heterocycles. The Kier molecular flexibility index (Phi) is 7.66. The number of hydrogen-bond donors (Lipinski definition) is 2. The number of methoxy groups -OCH3 is 1. The van der Waals surface area contributed by atoms with Gasteiger partial charge in [0.25, 0.3) is 0 Å². The van der Waals surface area contributed by atoms with E-state index in [9.17, 15) is 4.79 Å². The number of nitrogens with zero attached hydrogens (tertiary/aromatic N) is 2. The summed E-state index contributed by atoms with van der Waals surface area (Å²) in [6, 6.07) is 8.10. The molecular weight excluding hydrogens is 340 g/mol. The summed E-state index contributed by atoms with van der Waals surface area (Å²) in [5, 5.41) is 6.65. The van der Waals surface area contributed by atoms with Crippen molar-refractivity contribution in [3.63, 3.8) is 0 Å². The summed E-state index contributed by atoms with van der Waals surface area (Å²) >= 11 is 0. The highest BCUT2D eigenvalue weighted by molar-refractivity contribution is 5.95. The Balaban J connectivity index is 1.96. The molecule has 0 saturated carbocycles. The maximum Gasteiger partial charge on any atom is 0.227 e. The monoisotopic (exact) mass is 374 g/mol. The molecule has 0 radical (unpaired) electrons. The zero-order chi connectivity index (χ0) is 19.9. The first-order valence-corrected chi connectivity index (χ1v) is 9.79. The molecule has 27 heavy (non-hydrogen) atoms. The van der Waals surface area contributed by atoms with E-state index in [1.807, 2.05) is 29.2 Å². The molecule has 1 aromatic carbocycles. The van der Waals surface area contributed by atoms with Crippen molar-refractivity contribution in [1.82, 2.24) is 10.6 Å². The van der Waals surface area contributed by atoms with Gasteiger partial charge in [-0.1, -0.05) is 32.9 Å². The number of ether oxygens (including phenoxy) is 1. The summed E-state index contributed by atoms with van der Waals surface area (Å²) in [4.78, 5) is 18.4. The molecule has 0 bridgehead atoms. The summed E-state index contributed by atoms with van der Waals surface area (Å²) in [6.45, 7) is 11.4. The predicted octanol–water partition coefficient (Wildman–Crippen LogP) is 2.93. The predicted molar refractivity (Wildman–Crippen MR) is 111 cm³/mol. The lowest BCUT2D eigenvalue weighted by Gasteiger charge is -2.30. The first-order valence-electron chi connectivity index (χ1n) is 9.79. The average molecular weight is 375 g/mol. The van der Waals surface area contributed by atoms with Crippen LogP contribution in [0.3, 0.4) is 0 Å². The van der Waals surface area contributed by atoms with Crippen LogP contribution in [-0.4, -0.2) is 44.7 Å². The van der Waals surface area contributed by atoms with E-state index in [-0.39, 0.29) is 17.4 Å². The minimum atomic E-state index is 0.0575. The molecule has 1 aliphatic heterocycles. The number of guanidine groups is 1. The van der Waals surface area contributed by atoms with Gasteiger partial charge in [0.15, 0.2) is 5.96 Å². The van der Waals surface area contributed by atoms with Gasteiger partial charge in [-0.3, -0.25) is 4.79 Å². The third kappa shape index (κ3) is 6.24. The van der Waals surface area contributed by atoms with Crippen molar-refractivity contribution in [3.8, 4) is 0 Å². The lowest BCUT2D eigenvalue weighted by Crippen LogP contribution is -2.45. The Bertz CT molecular complexity index is 635. The normalized spacial score (nSPS) is 16.6. The van der Waals surface area contributed by atoms with Crippen LogP contribution in [0.2, 0.25) is 0 Å².